The third-order valence-corrected chi connectivity index (χ3v) is 4.23. The van der Waals surface area contributed by atoms with Gasteiger partial charge in [0.1, 0.15) is 17.8 Å². The number of hydrogen-bond donors (Lipinski definition) is 1. The van der Waals surface area contributed by atoms with E-state index in [4.69, 9.17) is 4.42 Å². The Morgan fingerprint density at radius 3 is 2.68 bits per heavy atom. The summed E-state index contributed by atoms with van der Waals surface area (Å²) in [6.07, 6.45) is 13.4. The van der Waals surface area contributed by atoms with Crippen LogP contribution >= 0.6 is 0 Å². The molecule has 1 aromatic carbocycles. The predicted molar refractivity (Wildman–Crippen MR) is 85.6 cm³/mol. The number of para-hydroxylation sites is 1. The molecule has 0 spiro atoms. The van der Waals surface area contributed by atoms with Crippen molar-refractivity contribution < 1.29 is 9.52 Å². The average Bonchev–Trinajstić information content (AvgIpc) is 2.56. The van der Waals surface area contributed by atoms with Gasteiger partial charge in [-0.05, 0) is 12.1 Å². The van der Waals surface area contributed by atoms with Gasteiger partial charge < -0.3 is 9.52 Å². The minimum atomic E-state index is -0.0814. The van der Waals surface area contributed by atoms with Crippen molar-refractivity contribution in [3.05, 3.63) is 82.5 Å². The fourth-order valence-electron chi connectivity index (χ4n) is 3.12. The van der Waals surface area contributed by atoms with Crippen molar-refractivity contribution in [2.45, 2.75) is 5.92 Å². The van der Waals surface area contributed by atoms with Crippen molar-refractivity contribution in [1.29, 1.82) is 0 Å². The molecule has 1 N–H and O–H groups in total. The van der Waals surface area contributed by atoms with E-state index in [0.717, 1.165) is 0 Å². The lowest BCUT2D eigenvalue weighted by Crippen LogP contribution is -2.23. The van der Waals surface area contributed by atoms with Crippen LogP contribution in [0.5, 0.6) is 5.75 Å². The van der Waals surface area contributed by atoms with E-state index < -0.39 is 0 Å². The van der Waals surface area contributed by atoms with Crippen molar-refractivity contribution in [2.24, 2.45) is 5.92 Å². The lowest BCUT2D eigenvalue weighted by molar-refractivity contribution is 0.475. The van der Waals surface area contributed by atoms with Gasteiger partial charge in [-0.15, -0.1) is 0 Å². The van der Waals surface area contributed by atoms with Crippen molar-refractivity contribution in [3.8, 4) is 16.9 Å². The molecule has 22 heavy (non-hydrogen) atoms. The normalized spacial score (nSPS) is 21.5. The number of fused-ring (bicyclic) bond motifs is 3. The van der Waals surface area contributed by atoms with E-state index in [-0.39, 0.29) is 23.0 Å². The summed E-state index contributed by atoms with van der Waals surface area (Å²) < 4.78 is 5.66. The smallest absolute Gasteiger partial charge is 0.197 e. The maximum atomic E-state index is 13.0. The summed E-state index contributed by atoms with van der Waals surface area (Å²) in [7, 11) is 0. The number of phenols is 1. The number of benzene rings is 1. The summed E-state index contributed by atoms with van der Waals surface area (Å²) in [6.45, 7) is 0. The second-order valence-corrected chi connectivity index (χ2v) is 5.51. The van der Waals surface area contributed by atoms with Crippen LogP contribution in [0, 0.1) is 5.92 Å². The molecule has 108 valence electrons. The zero-order valence-electron chi connectivity index (χ0n) is 11.8. The van der Waals surface area contributed by atoms with Crippen LogP contribution in [0.15, 0.2) is 70.1 Å². The van der Waals surface area contributed by atoms with Crippen LogP contribution < -0.4 is 5.43 Å². The molecule has 3 nitrogen and oxygen atoms in total. The molecule has 0 bridgehead atoms. The lowest BCUT2D eigenvalue weighted by Gasteiger charge is -2.26. The number of allylic oxidation sites excluding steroid dienone is 5. The molecule has 2 aliphatic rings. The highest BCUT2D eigenvalue weighted by atomic mass is 16.3. The summed E-state index contributed by atoms with van der Waals surface area (Å²) in [5.41, 5.74) is 1.48. The summed E-state index contributed by atoms with van der Waals surface area (Å²) in [5.74, 6) is 0.856. The highest BCUT2D eigenvalue weighted by molar-refractivity contribution is 5.71. The van der Waals surface area contributed by atoms with Gasteiger partial charge >= 0.3 is 0 Å². The molecule has 0 saturated heterocycles. The van der Waals surface area contributed by atoms with Crippen LogP contribution in [-0.4, -0.2) is 5.11 Å². The number of rotatable bonds is 1. The molecule has 1 aromatic heterocycles. The topological polar surface area (TPSA) is 50.4 Å². The number of phenolic OH excluding ortho intramolecular Hbond substituents is 1. The Morgan fingerprint density at radius 1 is 1.00 bits per heavy atom. The van der Waals surface area contributed by atoms with E-state index in [0.29, 0.717) is 22.5 Å². The summed E-state index contributed by atoms with van der Waals surface area (Å²) >= 11 is 0. The predicted octanol–water partition coefficient (Wildman–Crippen LogP) is 3.87. The van der Waals surface area contributed by atoms with Crippen LogP contribution in [0.2, 0.25) is 0 Å². The molecule has 0 saturated carbocycles. The zero-order valence-corrected chi connectivity index (χ0v) is 11.8. The molecule has 2 aliphatic carbocycles. The van der Waals surface area contributed by atoms with Gasteiger partial charge in [0, 0.05) is 17.4 Å². The first-order chi connectivity index (χ1) is 10.8. The standard InChI is InChI=1S/C19H14O3/c20-16-8-4-3-7-14(16)15-11-22-17-10-9-12-5-1-2-6-13(12)18(17)19(15)21/h1-13,20H. The van der Waals surface area contributed by atoms with Gasteiger partial charge in [-0.2, -0.15) is 0 Å². The second kappa shape index (κ2) is 4.88. The Morgan fingerprint density at radius 2 is 1.82 bits per heavy atom. The molecule has 0 radical (unpaired) electrons. The van der Waals surface area contributed by atoms with Gasteiger partial charge in [0.2, 0.25) is 0 Å². The van der Waals surface area contributed by atoms with Crippen LogP contribution in [0.4, 0.5) is 0 Å². The van der Waals surface area contributed by atoms with E-state index >= 15 is 0 Å². The first kappa shape index (κ1) is 12.9. The molecule has 1 heterocycles. The van der Waals surface area contributed by atoms with Gasteiger partial charge in [0.05, 0.1) is 11.1 Å². The fourth-order valence-corrected chi connectivity index (χ4v) is 3.12. The first-order valence-corrected chi connectivity index (χ1v) is 7.23. The molecule has 3 heteroatoms. The summed E-state index contributed by atoms with van der Waals surface area (Å²) in [6, 6.07) is 6.81. The van der Waals surface area contributed by atoms with E-state index in [2.05, 4.69) is 12.2 Å². The van der Waals surface area contributed by atoms with E-state index in [1.54, 1.807) is 24.3 Å². The van der Waals surface area contributed by atoms with Crippen molar-refractivity contribution in [3.63, 3.8) is 0 Å². The van der Waals surface area contributed by atoms with Gasteiger partial charge in [-0.25, -0.2) is 0 Å². The Labute approximate surface area is 127 Å². The fraction of sp³-hybridized carbons (Fsp3) is 0.105. The summed E-state index contributed by atoms with van der Waals surface area (Å²) in [4.78, 5) is 13.0. The molecule has 0 amide bonds. The Hall–Kier alpha value is -2.81. The Balaban J connectivity index is 1.95. The molecular formula is C19H14O3. The third kappa shape index (κ3) is 1.86. The monoisotopic (exact) mass is 290 g/mol. The number of aromatic hydroxyl groups is 1. The van der Waals surface area contributed by atoms with Gasteiger partial charge in [-0.1, -0.05) is 48.6 Å². The third-order valence-electron chi connectivity index (χ3n) is 4.23. The molecular weight excluding hydrogens is 276 g/mol. The minimum absolute atomic E-state index is 0.00736. The minimum Gasteiger partial charge on any atom is -0.507 e. The van der Waals surface area contributed by atoms with Crippen molar-refractivity contribution in [2.75, 3.05) is 0 Å². The van der Waals surface area contributed by atoms with Crippen LogP contribution in [0.25, 0.3) is 17.2 Å². The second-order valence-electron chi connectivity index (χ2n) is 5.51. The Bertz CT molecular complexity index is 884. The maximum Gasteiger partial charge on any atom is 0.197 e. The zero-order chi connectivity index (χ0) is 15.1. The lowest BCUT2D eigenvalue weighted by atomic mass is 9.78. The molecule has 2 unspecified atom stereocenters. The van der Waals surface area contributed by atoms with E-state index in [1.807, 2.05) is 24.3 Å². The molecule has 4 rings (SSSR count). The maximum absolute atomic E-state index is 13.0. The molecule has 2 atom stereocenters. The largest absolute Gasteiger partial charge is 0.507 e. The Kier molecular flexibility index (Phi) is 2.86. The van der Waals surface area contributed by atoms with Crippen molar-refractivity contribution in [1.82, 2.24) is 0 Å². The SMILES string of the molecule is O=c1c(-c2ccccc2O)coc2c1C1C=CC=CC1C=C2. The molecule has 0 aliphatic heterocycles. The van der Waals surface area contributed by atoms with Crippen molar-refractivity contribution >= 4 is 6.08 Å². The van der Waals surface area contributed by atoms with E-state index in [1.165, 1.54) is 6.26 Å². The highest BCUT2D eigenvalue weighted by Gasteiger charge is 2.29. The van der Waals surface area contributed by atoms with Crippen LogP contribution in [0.1, 0.15) is 17.2 Å². The molecule has 2 aromatic rings. The quantitative estimate of drug-likeness (QED) is 0.867. The van der Waals surface area contributed by atoms with Gasteiger partial charge in [0.25, 0.3) is 0 Å². The van der Waals surface area contributed by atoms with Crippen LogP contribution in [-0.2, 0) is 0 Å². The first-order valence-electron chi connectivity index (χ1n) is 7.23. The highest BCUT2D eigenvalue weighted by Crippen LogP contribution is 2.37. The van der Waals surface area contributed by atoms with Gasteiger partial charge in [-0.3, -0.25) is 4.79 Å². The summed E-state index contributed by atoms with van der Waals surface area (Å²) in [5, 5.41) is 10.0. The van der Waals surface area contributed by atoms with Gasteiger partial charge in [0.15, 0.2) is 5.43 Å². The average molecular weight is 290 g/mol. The van der Waals surface area contributed by atoms with E-state index in [9.17, 15) is 9.90 Å². The molecule has 0 fully saturated rings. The number of hydrogen-bond acceptors (Lipinski definition) is 3. The van der Waals surface area contributed by atoms with Crippen LogP contribution in [0.3, 0.4) is 0 Å².